The van der Waals surface area contributed by atoms with Crippen LogP contribution in [0.25, 0.3) is 0 Å². The van der Waals surface area contributed by atoms with Crippen LogP contribution in [0.15, 0.2) is 16.6 Å². The van der Waals surface area contributed by atoms with Crippen molar-refractivity contribution in [3.8, 4) is 11.5 Å². The molecule has 0 saturated heterocycles. The first-order valence-electron chi connectivity index (χ1n) is 6.38. The lowest BCUT2D eigenvalue weighted by Gasteiger charge is -2.12. The van der Waals surface area contributed by atoms with Gasteiger partial charge in [-0.15, -0.1) is 0 Å². The van der Waals surface area contributed by atoms with Gasteiger partial charge < -0.3 is 19.9 Å². The Morgan fingerprint density at radius 1 is 1.29 bits per heavy atom. The predicted molar refractivity (Wildman–Crippen MR) is 78.3 cm³/mol. The standard InChI is InChI=1S/C14H16BrNO5/c1-20-11-3-7(10(15)5-12(11)21-2)6-16-13(17)8-4-9(8)14(18)19/h3,5,8-9H,4,6H2,1-2H3,(H,16,17)(H,18,19)/t8-,9-/m1/s1. The maximum atomic E-state index is 11.8. The minimum atomic E-state index is -0.914. The number of halogens is 1. The number of hydrogen-bond donors (Lipinski definition) is 2. The van der Waals surface area contributed by atoms with Crippen molar-refractivity contribution >= 4 is 27.8 Å². The second-order valence-electron chi connectivity index (χ2n) is 4.80. The Balaban J connectivity index is 2.00. The number of methoxy groups -OCH3 is 2. The number of hydrogen-bond acceptors (Lipinski definition) is 4. The molecule has 1 saturated carbocycles. The van der Waals surface area contributed by atoms with Gasteiger partial charge in [0.05, 0.1) is 26.1 Å². The lowest BCUT2D eigenvalue weighted by atomic mass is 10.2. The molecule has 0 bridgehead atoms. The topological polar surface area (TPSA) is 84.9 Å². The first-order chi connectivity index (χ1) is 9.97. The molecule has 7 heteroatoms. The van der Waals surface area contributed by atoms with E-state index in [1.807, 2.05) is 0 Å². The fraction of sp³-hybridized carbons (Fsp3) is 0.429. The number of carboxylic acid groups (broad SMARTS) is 1. The number of amides is 1. The number of nitrogens with one attached hydrogen (secondary N) is 1. The number of carboxylic acids is 1. The molecule has 1 fully saturated rings. The van der Waals surface area contributed by atoms with Crippen LogP contribution in [-0.4, -0.2) is 31.2 Å². The fourth-order valence-electron chi connectivity index (χ4n) is 2.10. The third-order valence-corrected chi connectivity index (χ3v) is 4.19. The maximum Gasteiger partial charge on any atom is 0.307 e. The summed E-state index contributed by atoms with van der Waals surface area (Å²) in [6, 6.07) is 3.53. The Kier molecular flexibility index (Phi) is 4.72. The Morgan fingerprint density at radius 3 is 2.43 bits per heavy atom. The van der Waals surface area contributed by atoms with Crippen molar-refractivity contribution in [2.75, 3.05) is 14.2 Å². The number of benzene rings is 1. The molecule has 1 aromatic rings. The van der Waals surface area contributed by atoms with E-state index >= 15 is 0 Å². The molecule has 0 heterocycles. The van der Waals surface area contributed by atoms with Gasteiger partial charge in [0.25, 0.3) is 0 Å². The van der Waals surface area contributed by atoms with E-state index in [2.05, 4.69) is 21.2 Å². The van der Waals surface area contributed by atoms with E-state index in [4.69, 9.17) is 14.6 Å². The molecule has 1 aliphatic carbocycles. The summed E-state index contributed by atoms with van der Waals surface area (Å²) in [7, 11) is 3.08. The Hall–Kier alpha value is -1.76. The highest BCUT2D eigenvalue weighted by atomic mass is 79.9. The van der Waals surface area contributed by atoms with Crippen LogP contribution >= 0.6 is 15.9 Å². The first-order valence-corrected chi connectivity index (χ1v) is 7.18. The highest BCUT2D eigenvalue weighted by Gasteiger charge is 2.48. The van der Waals surface area contributed by atoms with E-state index in [0.717, 1.165) is 10.0 Å². The summed E-state index contributed by atoms with van der Waals surface area (Å²) in [4.78, 5) is 22.6. The smallest absolute Gasteiger partial charge is 0.307 e. The molecular formula is C14H16BrNO5. The minimum Gasteiger partial charge on any atom is -0.493 e. The molecule has 0 radical (unpaired) electrons. The third kappa shape index (κ3) is 3.47. The van der Waals surface area contributed by atoms with E-state index in [0.29, 0.717) is 24.5 Å². The molecule has 2 atom stereocenters. The van der Waals surface area contributed by atoms with Gasteiger partial charge in [0.15, 0.2) is 11.5 Å². The van der Waals surface area contributed by atoms with Crippen molar-refractivity contribution < 1.29 is 24.2 Å². The van der Waals surface area contributed by atoms with Crippen LogP contribution in [0.4, 0.5) is 0 Å². The minimum absolute atomic E-state index is 0.232. The monoisotopic (exact) mass is 357 g/mol. The van der Waals surface area contributed by atoms with Crippen LogP contribution < -0.4 is 14.8 Å². The quantitative estimate of drug-likeness (QED) is 0.810. The summed E-state index contributed by atoms with van der Waals surface area (Å²) in [6.07, 6.45) is 0.411. The number of carbonyl (C=O) groups is 2. The summed E-state index contributed by atoms with van der Waals surface area (Å²) in [5.74, 6) is -0.945. The molecule has 1 aromatic carbocycles. The maximum absolute atomic E-state index is 11.8. The lowest BCUT2D eigenvalue weighted by molar-refractivity contribution is -0.140. The fourth-order valence-corrected chi connectivity index (χ4v) is 2.57. The molecular weight excluding hydrogens is 342 g/mol. The summed E-state index contributed by atoms with van der Waals surface area (Å²) in [5.41, 5.74) is 0.827. The van der Waals surface area contributed by atoms with Crippen molar-refractivity contribution in [1.29, 1.82) is 0 Å². The average molecular weight is 358 g/mol. The molecule has 114 valence electrons. The van der Waals surface area contributed by atoms with E-state index in [1.165, 1.54) is 7.11 Å². The van der Waals surface area contributed by atoms with Gasteiger partial charge >= 0.3 is 5.97 Å². The van der Waals surface area contributed by atoms with E-state index in [-0.39, 0.29) is 5.91 Å². The van der Waals surface area contributed by atoms with Crippen LogP contribution in [0, 0.1) is 11.8 Å². The van der Waals surface area contributed by atoms with Crippen molar-refractivity contribution in [3.05, 3.63) is 22.2 Å². The highest BCUT2D eigenvalue weighted by molar-refractivity contribution is 9.10. The average Bonchev–Trinajstić information content (AvgIpc) is 3.25. The van der Waals surface area contributed by atoms with E-state index in [1.54, 1.807) is 19.2 Å². The molecule has 0 unspecified atom stereocenters. The van der Waals surface area contributed by atoms with Crippen LogP contribution in [0.3, 0.4) is 0 Å². The van der Waals surface area contributed by atoms with Gasteiger partial charge in [-0.05, 0) is 24.1 Å². The van der Waals surface area contributed by atoms with Crippen molar-refractivity contribution in [2.24, 2.45) is 11.8 Å². The largest absolute Gasteiger partial charge is 0.493 e. The highest BCUT2D eigenvalue weighted by Crippen LogP contribution is 2.39. The third-order valence-electron chi connectivity index (χ3n) is 3.45. The zero-order chi connectivity index (χ0) is 15.6. The number of carbonyl (C=O) groups excluding carboxylic acids is 1. The molecule has 0 aromatic heterocycles. The van der Waals surface area contributed by atoms with Crippen LogP contribution in [-0.2, 0) is 16.1 Å². The second kappa shape index (κ2) is 6.34. The van der Waals surface area contributed by atoms with Crippen LogP contribution in [0.5, 0.6) is 11.5 Å². The molecule has 1 amide bonds. The normalized spacial score (nSPS) is 19.8. The van der Waals surface area contributed by atoms with Gasteiger partial charge in [0.2, 0.25) is 5.91 Å². The summed E-state index contributed by atoms with van der Waals surface area (Å²) >= 11 is 3.41. The van der Waals surface area contributed by atoms with Gasteiger partial charge in [0.1, 0.15) is 0 Å². The molecule has 21 heavy (non-hydrogen) atoms. The first kappa shape index (κ1) is 15.6. The molecule has 6 nitrogen and oxygen atoms in total. The van der Waals surface area contributed by atoms with Gasteiger partial charge in [0, 0.05) is 11.0 Å². The van der Waals surface area contributed by atoms with Crippen molar-refractivity contribution in [2.45, 2.75) is 13.0 Å². The zero-order valence-electron chi connectivity index (χ0n) is 11.7. The second-order valence-corrected chi connectivity index (χ2v) is 5.66. The number of aliphatic carboxylic acids is 1. The Bertz CT molecular complexity index is 575. The van der Waals surface area contributed by atoms with Gasteiger partial charge in [-0.25, -0.2) is 0 Å². The van der Waals surface area contributed by atoms with Crippen LogP contribution in [0.1, 0.15) is 12.0 Å². The van der Waals surface area contributed by atoms with Crippen molar-refractivity contribution in [1.82, 2.24) is 5.32 Å². The lowest BCUT2D eigenvalue weighted by Crippen LogP contribution is -2.26. The van der Waals surface area contributed by atoms with Crippen molar-refractivity contribution in [3.63, 3.8) is 0 Å². The SMILES string of the molecule is COc1cc(Br)c(CNC(=O)[C@@H]2C[C@H]2C(=O)O)cc1OC. The predicted octanol–water partition coefficient (Wildman–Crippen LogP) is 1.80. The summed E-state index contributed by atoms with van der Waals surface area (Å²) in [5, 5.41) is 11.6. The van der Waals surface area contributed by atoms with Crippen LogP contribution in [0.2, 0.25) is 0 Å². The number of ether oxygens (including phenoxy) is 2. The molecule has 0 aliphatic heterocycles. The summed E-state index contributed by atoms with van der Waals surface area (Å²) < 4.78 is 11.2. The van der Waals surface area contributed by atoms with Gasteiger partial charge in [-0.2, -0.15) is 0 Å². The van der Waals surface area contributed by atoms with E-state index < -0.39 is 17.8 Å². The molecule has 1 aliphatic rings. The Morgan fingerprint density at radius 2 is 1.90 bits per heavy atom. The Labute approximate surface area is 130 Å². The van der Waals surface area contributed by atoms with E-state index in [9.17, 15) is 9.59 Å². The number of rotatable bonds is 6. The molecule has 2 N–H and O–H groups in total. The van der Waals surface area contributed by atoms with Gasteiger partial charge in [-0.3, -0.25) is 9.59 Å². The van der Waals surface area contributed by atoms with Gasteiger partial charge in [-0.1, -0.05) is 15.9 Å². The summed E-state index contributed by atoms with van der Waals surface area (Å²) in [6.45, 7) is 0.294. The molecule has 2 rings (SSSR count). The molecule has 0 spiro atoms. The zero-order valence-corrected chi connectivity index (χ0v) is 13.3.